The van der Waals surface area contributed by atoms with Crippen LogP contribution in [0.15, 0.2) is 0 Å². The number of aliphatic hydroxyl groups is 1. The molecule has 0 aromatic carbocycles. The molecule has 1 fully saturated rings. The summed E-state index contributed by atoms with van der Waals surface area (Å²) in [4.78, 5) is 60.7. The average Bonchev–Trinajstić information content (AvgIpc) is 2.82. The van der Waals surface area contributed by atoms with E-state index in [4.69, 9.17) is 0 Å². The van der Waals surface area contributed by atoms with Crippen LogP contribution in [-0.4, -0.2) is 72.5 Å². The molecule has 1 rings (SSSR count). The van der Waals surface area contributed by atoms with E-state index in [0.717, 1.165) is 0 Å². The molecule has 170 valence electrons. The molecule has 4 N–H and O–H groups in total. The molecule has 0 aliphatic carbocycles. The third-order valence-electron chi connectivity index (χ3n) is 5.40. The number of Topliss-reactive ketones (excluding diaryl/α,β-unsaturated/α-hetero) is 4. The number of carbonyl (C=O) groups excluding carboxylic acids is 5. The van der Waals surface area contributed by atoms with Crippen LogP contribution in [0.4, 0.5) is 0 Å². The van der Waals surface area contributed by atoms with E-state index < -0.39 is 35.8 Å². The van der Waals surface area contributed by atoms with Crippen LogP contribution < -0.4 is 16.0 Å². The van der Waals surface area contributed by atoms with Gasteiger partial charge in [-0.3, -0.25) is 24.0 Å². The van der Waals surface area contributed by atoms with E-state index in [0.29, 0.717) is 13.0 Å². The van der Waals surface area contributed by atoms with Gasteiger partial charge in [-0.15, -0.1) is 0 Å². The fourth-order valence-electron chi connectivity index (χ4n) is 3.42. The summed E-state index contributed by atoms with van der Waals surface area (Å²) in [6.45, 7) is 5.51. The number of amides is 1. The SMILES string of the molecule is CNCC[C@H](NCC(=O)CC[C@@H]1CC(C(=O)[C@@H](O)C(C)C)NC(=O)CC1=O)C(C)=O. The van der Waals surface area contributed by atoms with Crippen LogP contribution in [0.2, 0.25) is 0 Å². The molecule has 1 aliphatic rings. The molecule has 0 radical (unpaired) electrons. The van der Waals surface area contributed by atoms with Crippen LogP contribution in [0.25, 0.3) is 0 Å². The van der Waals surface area contributed by atoms with Gasteiger partial charge in [-0.25, -0.2) is 0 Å². The fourth-order valence-corrected chi connectivity index (χ4v) is 3.42. The van der Waals surface area contributed by atoms with Crippen molar-refractivity contribution in [1.29, 1.82) is 0 Å². The van der Waals surface area contributed by atoms with Gasteiger partial charge in [-0.2, -0.15) is 0 Å². The number of hydrogen-bond donors (Lipinski definition) is 4. The Morgan fingerprint density at radius 3 is 2.47 bits per heavy atom. The average molecular weight is 426 g/mol. The molecule has 1 aliphatic heterocycles. The Morgan fingerprint density at radius 1 is 1.23 bits per heavy atom. The van der Waals surface area contributed by atoms with Crippen molar-refractivity contribution in [3.05, 3.63) is 0 Å². The summed E-state index contributed by atoms with van der Waals surface area (Å²) >= 11 is 0. The Bertz CT molecular complexity index is 649. The van der Waals surface area contributed by atoms with E-state index >= 15 is 0 Å². The molecule has 1 unspecified atom stereocenters. The molecule has 0 aromatic rings. The Labute approximate surface area is 177 Å². The van der Waals surface area contributed by atoms with Crippen molar-refractivity contribution >= 4 is 29.0 Å². The molecule has 0 bridgehead atoms. The molecule has 1 amide bonds. The Balaban J connectivity index is 2.65. The molecular weight excluding hydrogens is 390 g/mol. The Hall–Kier alpha value is -1.97. The van der Waals surface area contributed by atoms with E-state index in [9.17, 15) is 29.1 Å². The van der Waals surface area contributed by atoms with Crippen LogP contribution in [0.1, 0.15) is 52.9 Å². The lowest BCUT2D eigenvalue weighted by molar-refractivity contribution is -0.134. The van der Waals surface area contributed by atoms with Gasteiger partial charge in [0, 0.05) is 12.3 Å². The van der Waals surface area contributed by atoms with Crippen molar-refractivity contribution < 1.29 is 29.1 Å². The van der Waals surface area contributed by atoms with Crippen LogP contribution in [0.3, 0.4) is 0 Å². The highest BCUT2D eigenvalue weighted by molar-refractivity contribution is 6.03. The quantitative estimate of drug-likeness (QED) is 0.291. The zero-order chi connectivity index (χ0) is 22.8. The van der Waals surface area contributed by atoms with E-state index in [1.807, 2.05) is 0 Å². The molecule has 0 spiro atoms. The molecule has 30 heavy (non-hydrogen) atoms. The molecule has 4 atom stereocenters. The van der Waals surface area contributed by atoms with Crippen molar-refractivity contribution in [3.63, 3.8) is 0 Å². The van der Waals surface area contributed by atoms with Gasteiger partial charge in [0.2, 0.25) is 5.91 Å². The third-order valence-corrected chi connectivity index (χ3v) is 5.40. The van der Waals surface area contributed by atoms with Crippen molar-refractivity contribution in [2.75, 3.05) is 20.1 Å². The first-order valence-corrected chi connectivity index (χ1v) is 10.5. The van der Waals surface area contributed by atoms with Gasteiger partial charge in [0.1, 0.15) is 23.5 Å². The minimum absolute atomic E-state index is 0.0144. The van der Waals surface area contributed by atoms with Crippen molar-refractivity contribution in [2.24, 2.45) is 11.8 Å². The van der Waals surface area contributed by atoms with Crippen LogP contribution in [0.5, 0.6) is 0 Å². The largest absolute Gasteiger partial charge is 0.385 e. The van der Waals surface area contributed by atoms with Crippen molar-refractivity contribution in [1.82, 2.24) is 16.0 Å². The van der Waals surface area contributed by atoms with Crippen LogP contribution in [-0.2, 0) is 24.0 Å². The summed E-state index contributed by atoms with van der Waals surface area (Å²) in [7, 11) is 1.78. The molecule has 9 nitrogen and oxygen atoms in total. The van der Waals surface area contributed by atoms with Crippen molar-refractivity contribution in [3.8, 4) is 0 Å². The summed E-state index contributed by atoms with van der Waals surface area (Å²) in [5.41, 5.74) is 0. The lowest BCUT2D eigenvalue weighted by atomic mass is 9.87. The highest BCUT2D eigenvalue weighted by Gasteiger charge is 2.36. The second-order valence-electron chi connectivity index (χ2n) is 8.30. The number of carbonyl (C=O) groups is 5. The number of ketones is 4. The summed E-state index contributed by atoms with van der Waals surface area (Å²) in [6.07, 6.45) is -0.605. The summed E-state index contributed by atoms with van der Waals surface area (Å²) in [5, 5.41) is 18.5. The fraction of sp³-hybridized carbons (Fsp3) is 0.762. The maximum Gasteiger partial charge on any atom is 0.228 e. The zero-order valence-electron chi connectivity index (χ0n) is 18.3. The highest BCUT2D eigenvalue weighted by atomic mass is 16.3. The van der Waals surface area contributed by atoms with Gasteiger partial charge in [0.05, 0.1) is 25.0 Å². The van der Waals surface area contributed by atoms with Gasteiger partial charge in [0.15, 0.2) is 5.78 Å². The summed E-state index contributed by atoms with van der Waals surface area (Å²) < 4.78 is 0. The predicted octanol–water partition coefficient (Wildman–Crippen LogP) is -0.458. The lowest BCUT2D eigenvalue weighted by Gasteiger charge is -2.22. The highest BCUT2D eigenvalue weighted by Crippen LogP contribution is 2.22. The Kier molecular flexibility index (Phi) is 11.0. The normalized spacial score (nSPS) is 21.7. The van der Waals surface area contributed by atoms with Gasteiger partial charge >= 0.3 is 0 Å². The van der Waals surface area contributed by atoms with Gasteiger partial charge < -0.3 is 21.1 Å². The Morgan fingerprint density at radius 2 is 1.90 bits per heavy atom. The minimum atomic E-state index is -1.23. The maximum absolute atomic E-state index is 12.5. The molecule has 9 heteroatoms. The zero-order valence-corrected chi connectivity index (χ0v) is 18.3. The van der Waals surface area contributed by atoms with Crippen LogP contribution >= 0.6 is 0 Å². The second kappa shape index (κ2) is 12.7. The number of rotatable bonds is 13. The van der Waals surface area contributed by atoms with E-state index in [-0.39, 0.29) is 55.5 Å². The molecular formula is C21H35N3O6. The molecule has 1 heterocycles. The topological polar surface area (TPSA) is 142 Å². The van der Waals surface area contributed by atoms with E-state index in [1.54, 1.807) is 20.9 Å². The molecule has 0 aromatic heterocycles. The van der Waals surface area contributed by atoms with E-state index in [1.165, 1.54) is 6.92 Å². The third kappa shape index (κ3) is 8.41. The van der Waals surface area contributed by atoms with Crippen molar-refractivity contribution in [2.45, 2.75) is 71.1 Å². The minimum Gasteiger partial charge on any atom is -0.385 e. The summed E-state index contributed by atoms with van der Waals surface area (Å²) in [5.74, 6) is -2.48. The lowest BCUT2D eigenvalue weighted by Crippen LogP contribution is -2.46. The van der Waals surface area contributed by atoms with E-state index in [2.05, 4.69) is 16.0 Å². The number of hydrogen-bond acceptors (Lipinski definition) is 8. The van der Waals surface area contributed by atoms with Crippen LogP contribution in [0, 0.1) is 11.8 Å². The predicted molar refractivity (Wildman–Crippen MR) is 111 cm³/mol. The second-order valence-corrected chi connectivity index (χ2v) is 8.30. The van der Waals surface area contributed by atoms with Gasteiger partial charge in [-0.05, 0) is 45.7 Å². The maximum atomic E-state index is 12.5. The monoisotopic (exact) mass is 425 g/mol. The standard InChI is InChI=1S/C21H35N3O6/c1-12(2)20(29)21(30)17-9-14(18(27)10-19(28)24-17)5-6-15(26)11-23-16(13(3)25)7-8-22-4/h12,14,16-17,20,22-23,29H,5-11H2,1-4H3,(H,24,28)/t14-,16+,17?,20+/m1/s1. The summed E-state index contributed by atoms with van der Waals surface area (Å²) in [6, 6.07) is -1.36. The molecule has 0 saturated carbocycles. The first kappa shape index (κ1) is 26.1. The molecule has 1 saturated heterocycles. The number of nitrogens with one attached hydrogen (secondary N) is 3. The first-order chi connectivity index (χ1) is 14.1. The van der Waals surface area contributed by atoms with Gasteiger partial charge in [-0.1, -0.05) is 13.8 Å². The first-order valence-electron chi connectivity index (χ1n) is 10.5. The van der Waals surface area contributed by atoms with Gasteiger partial charge in [0.25, 0.3) is 0 Å². The number of aliphatic hydroxyl groups excluding tert-OH is 1. The smallest absolute Gasteiger partial charge is 0.228 e.